The quantitative estimate of drug-likeness (QED) is 0.844. The topological polar surface area (TPSA) is 66.4 Å². The second kappa shape index (κ2) is 6.25. The van der Waals surface area contributed by atoms with Gasteiger partial charge >= 0.3 is 5.97 Å². The lowest BCUT2D eigenvalue weighted by atomic mass is 10.1. The second-order valence-electron chi connectivity index (χ2n) is 3.63. The molecule has 0 aliphatic rings. The molecule has 1 aromatic rings. The summed E-state index contributed by atoms with van der Waals surface area (Å²) < 4.78 is 0. The van der Waals surface area contributed by atoms with Crippen LogP contribution in [0.4, 0.5) is 0 Å². The van der Waals surface area contributed by atoms with Gasteiger partial charge in [0.15, 0.2) is 0 Å². The lowest BCUT2D eigenvalue weighted by molar-refractivity contribution is -0.141. The predicted molar refractivity (Wildman–Crippen MR) is 65.0 cm³/mol. The standard InChI is InChI=1S/C12H14ClNO3/c1-2-10(12(16)17)14-11(15)7-8-5-3-4-6-9(8)13/h3-6,10H,2,7H2,1H3,(H,14,15)(H,16,17)/t10-/m1/s1. The highest BCUT2D eigenvalue weighted by molar-refractivity contribution is 6.31. The Kier molecular flexibility index (Phi) is 4.97. The summed E-state index contributed by atoms with van der Waals surface area (Å²) in [6.45, 7) is 1.70. The van der Waals surface area contributed by atoms with Gasteiger partial charge in [-0.05, 0) is 18.1 Å². The number of rotatable bonds is 5. The zero-order valence-electron chi connectivity index (χ0n) is 9.44. The molecule has 0 radical (unpaired) electrons. The van der Waals surface area contributed by atoms with E-state index in [1.165, 1.54) is 0 Å². The fourth-order valence-electron chi connectivity index (χ4n) is 1.40. The van der Waals surface area contributed by atoms with Gasteiger partial charge in [-0.15, -0.1) is 0 Å². The second-order valence-corrected chi connectivity index (χ2v) is 4.04. The molecule has 0 saturated heterocycles. The van der Waals surface area contributed by atoms with Crippen molar-refractivity contribution >= 4 is 23.5 Å². The minimum Gasteiger partial charge on any atom is -0.480 e. The highest BCUT2D eigenvalue weighted by atomic mass is 35.5. The summed E-state index contributed by atoms with van der Waals surface area (Å²) >= 11 is 5.90. The van der Waals surface area contributed by atoms with E-state index in [9.17, 15) is 9.59 Å². The van der Waals surface area contributed by atoms with Crippen LogP contribution in [0.3, 0.4) is 0 Å². The normalized spacial score (nSPS) is 11.9. The average molecular weight is 256 g/mol. The number of hydrogen-bond donors (Lipinski definition) is 2. The minimum absolute atomic E-state index is 0.0868. The zero-order valence-corrected chi connectivity index (χ0v) is 10.2. The van der Waals surface area contributed by atoms with Gasteiger partial charge in [0.1, 0.15) is 6.04 Å². The van der Waals surface area contributed by atoms with Crippen LogP contribution < -0.4 is 5.32 Å². The molecule has 2 N–H and O–H groups in total. The summed E-state index contributed by atoms with van der Waals surface area (Å²) in [6, 6.07) is 6.14. The van der Waals surface area contributed by atoms with Gasteiger partial charge in [0, 0.05) is 5.02 Å². The molecular formula is C12H14ClNO3. The molecule has 4 nitrogen and oxygen atoms in total. The number of nitrogens with one attached hydrogen (secondary N) is 1. The van der Waals surface area contributed by atoms with Crippen LogP contribution in [0.2, 0.25) is 5.02 Å². The van der Waals surface area contributed by atoms with Gasteiger partial charge in [0.05, 0.1) is 6.42 Å². The van der Waals surface area contributed by atoms with Crippen LogP contribution >= 0.6 is 11.6 Å². The number of carboxylic acid groups (broad SMARTS) is 1. The summed E-state index contributed by atoms with van der Waals surface area (Å²) in [5.74, 6) is -1.37. The number of carbonyl (C=O) groups is 2. The smallest absolute Gasteiger partial charge is 0.326 e. The summed E-state index contributed by atoms with van der Waals surface area (Å²) in [4.78, 5) is 22.3. The molecule has 0 spiro atoms. The molecule has 0 fully saturated rings. The number of hydrogen-bond acceptors (Lipinski definition) is 2. The Morgan fingerprint density at radius 3 is 2.59 bits per heavy atom. The number of halogens is 1. The van der Waals surface area contributed by atoms with E-state index in [4.69, 9.17) is 16.7 Å². The summed E-state index contributed by atoms with van der Waals surface area (Å²) in [7, 11) is 0. The Morgan fingerprint density at radius 1 is 1.41 bits per heavy atom. The molecule has 0 aromatic heterocycles. The zero-order chi connectivity index (χ0) is 12.8. The van der Waals surface area contributed by atoms with Crippen LogP contribution in [0.15, 0.2) is 24.3 Å². The third-order valence-electron chi connectivity index (χ3n) is 2.35. The van der Waals surface area contributed by atoms with E-state index in [1.54, 1.807) is 31.2 Å². The first-order valence-electron chi connectivity index (χ1n) is 5.30. The van der Waals surface area contributed by atoms with Crippen LogP contribution in [0.5, 0.6) is 0 Å². The van der Waals surface area contributed by atoms with E-state index >= 15 is 0 Å². The van der Waals surface area contributed by atoms with Gasteiger partial charge in [0.2, 0.25) is 5.91 Å². The van der Waals surface area contributed by atoms with Crippen molar-refractivity contribution < 1.29 is 14.7 Å². The monoisotopic (exact) mass is 255 g/mol. The lowest BCUT2D eigenvalue weighted by Crippen LogP contribution is -2.41. The van der Waals surface area contributed by atoms with Crippen molar-refractivity contribution in [2.24, 2.45) is 0 Å². The molecule has 0 unspecified atom stereocenters. The van der Waals surface area contributed by atoms with E-state index < -0.39 is 12.0 Å². The maximum atomic E-state index is 11.6. The molecule has 92 valence electrons. The first-order chi connectivity index (χ1) is 8.04. The van der Waals surface area contributed by atoms with Crippen molar-refractivity contribution in [3.05, 3.63) is 34.9 Å². The molecule has 1 rings (SSSR count). The molecule has 0 saturated carbocycles. The van der Waals surface area contributed by atoms with Crippen LogP contribution in [-0.4, -0.2) is 23.0 Å². The summed E-state index contributed by atoms with van der Waals surface area (Å²) in [5, 5.41) is 11.8. The molecule has 1 amide bonds. The van der Waals surface area contributed by atoms with E-state index in [2.05, 4.69) is 5.32 Å². The predicted octanol–water partition coefficient (Wildman–Crippen LogP) is 1.86. The third-order valence-corrected chi connectivity index (χ3v) is 2.72. The maximum Gasteiger partial charge on any atom is 0.326 e. The Bertz CT molecular complexity index is 420. The molecule has 1 atom stereocenters. The molecule has 5 heteroatoms. The van der Waals surface area contributed by atoms with Crippen molar-refractivity contribution in [3.63, 3.8) is 0 Å². The summed E-state index contributed by atoms with van der Waals surface area (Å²) in [6.07, 6.45) is 0.438. The molecule has 17 heavy (non-hydrogen) atoms. The van der Waals surface area contributed by atoms with Gasteiger partial charge in [-0.1, -0.05) is 36.7 Å². The molecule has 0 aliphatic carbocycles. The number of carboxylic acids is 1. The van der Waals surface area contributed by atoms with Crippen molar-refractivity contribution in [1.82, 2.24) is 5.32 Å². The first-order valence-corrected chi connectivity index (χ1v) is 5.68. The largest absolute Gasteiger partial charge is 0.480 e. The van der Waals surface area contributed by atoms with Gasteiger partial charge in [-0.2, -0.15) is 0 Å². The number of aliphatic carboxylic acids is 1. The van der Waals surface area contributed by atoms with Crippen LogP contribution in [-0.2, 0) is 16.0 Å². The van der Waals surface area contributed by atoms with Crippen molar-refractivity contribution in [2.75, 3.05) is 0 Å². The fraction of sp³-hybridized carbons (Fsp3) is 0.333. The van der Waals surface area contributed by atoms with Crippen molar-refractivity contribution in [2.45, 2.75) is 25.8 Å². The van der Waals surface area contributed by atoms with Crippen LogP contribution in [0.1, 0.15) is 18.9 Å². The lowest BCUT2D eigenvalue weighted by Gasteiger charge is -2.12. The fourth-order valence-corrected chi connectivity index (χ4v) is 1.60. The Hall–Kier alpha value is -1.55. The maximum absolute atomic E-state index is 11.6. The summed E-state index contributed by atoms with van der Waals surface area (Å²) in [5.41, 5.74) is 0.687. The van der Waals surface area contributed by atoms with Gasteiger partial charge in [-0.25, -0.2) is 4.79 Å². The SMILES string of the molecule is CC[C@@H](NC(=O)Cc1ccccc1Cl)C(=O)O. The Labute approximate surface area is 105 Å². The van der Waals surface area contributed by atoms with Crippen LogP contribution in [0.25, 0.3) is 0 Å². The molecule has 0 bridgehead atoms. The molecular weight excluding hydrogens is 242 g/mol. The molecule has 0 aliphatic heterocycles. The third kappa shape index (κ3) is 4.07. The van der Waals surface area contributed by atoms with Gasteiger partial charge < -0.3 is 10.4 Å². The first kappa shape index (κ1) is 13.5. The van der Waals surface area contributed by atoms with Crippen molar-refractivity contribution in [3.8, 4) is 0 Å². The highest BCUT2D eigenvalue weighted by Crippen LogP contribution is 2.15. The number of amides is 1. The van der Waals surface area contributed by atoms with Gasteiger partial charge in [-0.3, -0.25) is 4.79 Å². The van der Waals surface area contributed by atoms with E-state index in [1.807, 2.05) is 0 Å². The number of carbonyl (C=O) groups excluding carboxylic acids is 1. The highest BCUT2D eigenvalue weighted by Gasteiger charge is 2.17. The molecule has 0 heterocycles. The molecule has 1 aromatic carbocycles. The number of benzene rings is 1. The van der Waals surface area contributed by atoms with E-state index in [0.717, 1.165) is 0 Å². The average Bonchev–Trinajstić information content (AvgIpc) is 2.28. The Balaban J connectivity index is 2.61. The van der Waals surface area contributed by atoms with Crippen molar-refractivity contribution in [1.29, 1.82) is 0 Å². The minimum atomic E-state index is -1.03. The van der Waals surface area contributed by atoms with Crippen LogP contribution in [0, 0.1) is 0 Å². The van der Waals surface area contributed by atoms with E-state index in [0.29, 0.717) is 17.0 Å². The van der Waals surface area contributed by atoms with Gasteiger partial charge in [0.25, 0.3) is 0 Å². The Morgan fingerprint density at radius 2 is 2.06 bits per heavy atom. The van der Waals surface area contributed by atoms with E-state index in [-0.39, 0.29) is 12.3 Å².